The Kier molecular flexibility index (Phi) is 34.8. The Hall–Kier alpha value is -13.1. The number of allylic oxidation sites excluding steroid dienone is 2. The number of pyridine rings is 4. The number of anilines is 6. The maximum atomic E-state index is 10.0. The molecule has 4 aromatic heterocycles. The topological polar surface area (TPSA) is 147 Å². The second-order valence-electron chi connectivity index (χ2n) is 28.9. The van der Waals surface area contributed by atoms with Gasteiger partial charge in [0.1, 0.15) is 22.5 Å². The van der Waals surface area contributed by atoms with Crippen molar-refractivity contribution in [2.24, 2.45) is 0 Å². The maximum Gasteiger partial charge on any atom is 0.881 e. The number of benzene rings is 15. The normalized spacial score (nSPS) is 10.5. The van der Waals surface area contributed by atoms with Crippen molar-refractivity contribution in [3.05, 3.63) is 453 Å². The quantitative estimate of drug-likeness (QED) is 0.0313. The van der Waals surface area contributed by atoms with E-state index in [2.05, 4.69) is 333 Å². The molecule has 0 saturated carbocycles. The Morgan fingerprint density at radius 1 is 0.452 bits per heavy atom. The first-order chi connectivity index (χ1) is 61.2. The minimum Gasteiger partial charge on any atom is -0.649 e. The van der Waals surface area contributed by atoms with E-state index < -0.39 is 15.9 Å². The van der Waals surface area contributed by atoms with E-state index in [0.29, 0.717) is 0 Å². The third-order valence-corrected chi connectivity index (χ3v) is 21.0. The van der Waals surface area contributed by atoms with E-state index in [1.165, 1.54) is 96.9 Å². The summed E-state index contributed by atoms with van der Waals surface area (Å²) in [4.78, 5) is 32.5. The van der Waals surface area contributed by atoms with Crippen LogP contribution in [0, 0.1) is 45.0 Å². The molecule has 0 spiro atoms. The molecular formula is C109H90Al2Ir2N7O5P-2. The van der Waals surface area contributed by atoms with Crippen molar-refractivity contribution in [2.45, 2.75) is 41.5 Å². The monoisotopic (exact) mass is 2050 g/mol. The van der Waals surface area contributed by atoms with Crippen LogP contribution in [0.1, 0.15) is 36.2 Å². The summed E-state index contributed by atoms with van der Waals surface area (Å²) < 4.78 is 22.6. The van der Waals surface area contributed by atoms with E-state index in [4.69, 9.17) is 22.9 Å². The first kappa shape index (κ1) is 92.1. The van der Waals surface area contributed by atoms with E-state index in [1.807, 2.05) is 147 Å². The van der Waals surface area contributed by atoms with Gasteiger partial charge in [0.2, 0.25) is 0 Å². The Bertz CT molecular complexity index is 6600. The summed E-state index contributed by atoms with van der Waals surface area (Å²) in [5, 5.41) is 19.2. The van der Waals surface area contributed by atoms with E-state index in [-0.39, 0.29) is 51.8 Å². The summed E-state index contributed by atoms with van der Waals surface area (Å²) in [7, 11) is 2.48. The number of aryl methyl sites for hydroxylation is 4. The zero-order valence-electron chi connectivity index (χ0n) is 71.4. The molecule has 0 fully saturated rings. The molecule has 12 nitrogen and oxygen atoms in total. The van der Waals surface area contributed by atoms with Crippen LogP contribution < -0.4 is 21.2 Å². The molecule has 0 amide bonds. The molecular weight excluding hydrogens is 1960 g/mol. The largest absolute Gasteiger partial charge is 0.881 e. The van der Waals surface area contributed by atoms with Crippen molar-refractivity contribution in [1.82, 2.24) is 19.9 Å². The van der Waals surface area contributed by atoms with Gasteiger partial charge in [-0.1, -0.05) is 268 Å². The van der Waals surface area contributed by atoms with Crippen LogP contribution in [0.3, 0.4) is 0 Å². The molecule has 0 aliphatic heterocycles. The molecule has 4 heterocycles. The summed E-state index contributed by atoms with van der Waals surface area (Å²) in [5.74, 6) is 2.35. The first-order valence-electron chi connectivity index (χ1n) is 40.9. The van der Waals surface area contributed by atoms with Crippen LogP contribution in [0.25, 0.3) is 99.0 Å². The molecule has 15 aromatic carbocycles. The summed E-state index contributed by atoms with van der Waals surface area (Å²) in [6.07, 6.45) is 4.75. The van der Waals surface area contributed by atoms with Gasteiger partial charge >= 0.3 is 32.5 Å². The van der Waals surface area contributed by atoms with Crippen LogP contribution >= 0.6 is 9.03 Å². The molecule has 19 aromatic rings. The van der Waals surface area contributed by atoms with Crippen molar-refractivity contribution in [3.63, 3.8) is 0 Å². The summed E-state index contributed by atoms with van der Waals surface area (Å²) in [6.45, 7) is 11.1. The van der Waals surface area contributed by atoms with Gasteiger partial charge in [-0.05, 0) is 196 Å². The number of aliphatic hydroxyl groups excluding tert-OH is 1. The van der Waals surface area contributed by atoms with Crippen LogP contribution in [0.15, 0.2) is 419 Å². The second-order valence-corrected chi connectivity index (χ2v) is 29.8. The average Bonchev–Trinajstić information content (AvgIpc) is 0.773. The molecule has 4 radical (unpaired) electrons. The van der Waals surface area contributed by atoms with Gasteiger partial charge in [-0.15, -0.1) is 70.8 Å². The number of fused-ring (bicyclic) bond motifs is 5. The Balaban J connectivity index is 0.000000163. The number of nitrogens with zero attached hydrogens (tertiary/aromatic N) is 6. The number of aliphatic hydroxyl groups is 1. The third-order valence-electron chi connectivity index (χ3n) is 19.9. The zero-order chi connectivity index (χ0) is 87.1. The van der Waals surface area contributed by atoms with Gasteiger partial charge in [0.25, 0.3) is 0 Å². The standard InChI is InChI=1S/C44H32N2.C17H14N.C12H10N.C12H10O.C10H9NO.C9H7NO.C5H8O2.2Al.2Ir.H2NP.H/c1-3-17-37(18-4-1)45(43-23-11-15-35-13-7-9-21-41(35)43)39-29-25-33(26-30-39)34-27-31-40(32-28-34)46(38-19-5-2-6-20-38)44-24-12-16-36-14-8-10-22-42(36)44;1-12-9-13(2)11-15(10-12)17-8-7-14-5-3-4-6-16(14)18-17;1-10-6-5-9-13-12(10)11-7-3-2-4-8-11;13-12-8-6-11(7-9-12)10-4-2-1-3-5-10;1-7-5-6-8-3-2-4-9(12)10(8)11-7;11-8-5-1-3-7-4-2-6-10-9(7)8;1-4(6)3-5(2)7;;;;;1-2;/h1-32H;3-10H,1-2H3;2-7,9H,1H3;1-9,13H;2-6,12H,1H3;1-6,11H;3,6H,1-2H3;;;;;1-2H;/q;2*-1;;;;;+1;+2;;;;/p-3/i/hD. The molecule has 0 aliphatic rings. The van der Waals surface area contributed by atoms with Gasteiger partial charge in [-0.25, -0.2) is 4.98 Å². The van der Waals surface area contributed by atoms with Crippen molar-refractivity contribution in [2.75, 3.05) is 9.80 Å². The van der Waals surface area contributed by atoms with Gasteiger partial charge in [-0.3, -0.25) is 19.9 Å². The molecule has 0 saturated heterocycles. The van der Waals surface area contributed by atoms with Crippen molar-refractivity contribution in [1.29, 1.82) is 5.15 Å². The minimum absolute atomic E-state index is 0. The van der Waals surface area contributed by atoms with Crippen molar-refractivity contribution >= 4 is 136 Å². The predicted octanol–water partition coefficient (Wildman–Crippen LogP) is 28.3. The van der Waals surface area contributed by atoms with Gasteiger partial charge in [-0.2, -0.15) is 0 Å². The number of nitrogens with one attached hydrogen (secondary N) is 1. The molecule has 2 N–H and O–H groups in total. The number of carbonyl (C=O) groups is 1. The first-order valence-corrected chi connectivity index (χ1v) is 42.4. The molecule has 17 heteroatoms. The number of rotatable bonds is 16. The van der Waals surface area contributed by atoms with Crippen LogP contribution in [-0.2, 0) is 45.0 Å². The molecule has 0 atom stereocenters. The van der Waals surface area contributed by atoms with Gasteiger partial charge < -0.3 is 31.3 Å². The third kappa shape index (κ3) is 25.3. The van der Waals surface area contributed by atoms with Gasteiger partial charge in [0, 0.05) is 109 Å². The van der Waals surface area contributed by atoms with Crippen LogP contribution in [-0.4, -0.2) is 63.3 Å². The fourth-order valence-corrected chi connectivity index (χ4v) is 15.1. The number of ketones is 1. The van der Waals surface area contributed by atoms with E-state index >= 15 is 0 Å². The van der Waals surface area contributed by atoms with E-state index in [1.54, 1.807) is 6.20 Å². The number of carbonyl (C=O) groups excluding carboxylic acids is 1. The summed E-state index contributed by atoms with van der Waals surface area (Å²) in [5.41, 5.74) is 23.1. The molecule has 622 valence electrons. The molecule has 126 heavy (non-hydrogen) atoms. The van der Waals surface area contributed by atoms with Crippen molar-refractivity contribution < 1.29 is 62.9 Å². The van der Waals surface area contributed by atoms with Crippen LogP contribution in [0.4, 0.5) is 34.1 Å². The summed E-state index contributed by atoms with van der Waals surface area (Å²) >= 11 is 0.801. The Labute approximate surface area is 783 Å². The fraction of sp³-hybridized carbons (Fsp3) is 0.0550. The average molecular weight is 2050 g/mol. The molecule has 19 rings (SSSR count). The maximum absolute atomic E-state index is 10.0. The molecule has 0 bridgehead atoms. The fourth-order valence-electron chi connectivity index (χ4n) is 14.3. The number of hydrogen-bond acceptors (Lipinski definition) is 12. The second kappa shape index (κ2) is 47.7. The number of hydrogen-bond donors (Lipinski definition) is 2. The Morgan fingerprint density at radius 3 is 1.47 bits per heavy atom. The van der Waals surface area contributed by atoms with Crippen LogP contribution in [0.2, 0.25) is 1.41 Å². The van der Waals surface area contributed by atoms with E-state index in [0.717, 1.165) is 112 Å². The minimum atomic E-state index is -0.665. The van der Waals surface area contributed by atoms with Gasteiger partial charge in [0.15, 0.2) is 7.20 Å². The SMILES string of the molecule is CC(=O)C=C(C)O.Cc1[c-]c(-c2ccc3ccccc3n2)cc(C)c1.Cc1ccc2cccc([O][Al][O]c3ccc(-c4ccccc4)cc3)c2n1.Cc1cccnc1-c1[c-]cccc1.[2H]N=P.[AlH][O]c1cccc2cccnc12.[Ir].[Ir].c1ccc(N(c2ccc(-c3ccc(N(c4ccccc4)c4cccc5ccccc45)cc3)cc2)c2cccc3ccccc23)cc1. The summed E-state index contributed by atoms with van der Waals surface area (Å²) in [6, 6.07) is 142. The molecule has 0 aliphatic carbocycles. The van der Waals surface area contributed by atoms with E-state index in [9.17, 15) is 4.79 Å². The predicted molar refractivity (Wildman–Crippen MR) is 518 cm³/mol. The van der Waals surface area contributed by atoms with Gasteiger partial charge in [0.05, 0.1) is 28.4 Å². The number of aromatic nitrogens is 4. The van der Waals surface area contributed by atoms with Crippen molar-refractivity contribution in [3.8, 4) is 62.0 Å². The molecule has 0 unspecified atom stereocenters. The smallest absolute Gasteiger partial charge is 0.649 e. The zero-order valence-corrected chi connectivity index (χ0v) is 78.8. The van der Waals surface area contributed by atoms with Crippen LogP contribution in [0.5, 0.6) is 17.2 Å². The number of para-hydroxylation sites is 5. The Morgan fingerprint density at radius 2 is 0.921 bits per heavy atom.